The molecule has 13 heavy (non-hydrogen) atoms. The lowest BCUT2D eigenvalue weighted by atomic mass is 9.67. The van der Waals surface area contributed by atoms with E-state index in [1.165, 1.54) is 0 Å². The minimum Gasteiger partial charge on any atom is -0.239 e. The van der Waals surface area contributed by atoms with Gasteiger partial charge in [-0.3, -0.25) is 0 Å². The first-order chi connectivity index (χ1) is 5.94. The maximum atomic E-state index is 14.1. The van der Waals surface area contributed by atoms with Crippen molar-refractivity contribution in [3.63, 3.8) is 0 Å². The molecule has 0 saturated heterocycles. The van der Waals surface area contributed by atoms with Crippen LogP contribution < -0.4 is 0 Å². The standard InChI is InChI=1S/C12H17F/c1-9-7-10-11(2,8-9)5-4-6-12(10,3)13/h7H,1,4-6,8H2,2-3H3. The zero-order chi connectivity index (χ0) is 9.69. The quantitative estimate of drug-likeness (QED) is 0.532. The number of rotatable bonds is 0. The summed E-state index contributed by atoms with van der Waals surface area (Å²) in [7, 11) is 0. The predicted molar refractivity (Wildman–Crippen MR) is 53.3 cm³/mol. The Bertz CT molecular complexity index is 285. The lowest BCUT2D eigenvalue weighted by Gasteiger charge is -2.40. The van der Waals surface area contributed by atoms with Gasteiger partial charge in [-0.25, -0.2) is 4.39 Å². The van der Waals surface area contributed by atoms with Crippen molar-refractivity contribution in [3.05, 3.63) is 23.8 Å². The first-order valence-corrected chi connectivity index (χ1v) is 5.03. The Kier molecular flexibility index (Phi) is 1.70. The first kappa shape index (κ1) is 8.98. The van der Waals surface area contributed by atoms with Gasteiger partial charge in [0.2, 0.25) is 0 Å². The van der Waals surface area contributed by atoms with E-state index < -0.39 is 5.67 Å². The zero-order valence-electron chi connectivity index (χ0n) is 8.49. The monoisotopic (exact) mass is 180 g/mol. The molecule has 0 spiro atoms. The second-order valence-electron chi connectivity index (χ2n) is 5.00. The number of hydrogen-bond acceptors (Lipinski definition) is 0. The van der Waals surface area contributed by atoms with Crippen LogP contribution in [0.1, 0.15) is 39.5 Å². The fourth-order valence-corrected chi connectivity index (χ4v) is 2.97. The van der Waals surface area contributed by atoms with Crippen molar-refractivity contribution in [2.24, 2.45) is 5.41 Å². The van der Waals surface area contributed by atoms with Crippen molar-refractivity contribution in [2.45, 2.75) is 45.2 Å². The second kappa shape index (κ2) is 2.46. The Labute approximate surface area is 79.5 Å². The highest BCUT2D eigenvalue weighted by molar-refractivity contribution is 5.41. The van der Waals surface area contributed by atoms with Crippen molar-refractivity contribution in [2.75, 3.05) is 0 Å². The molecule has 0 aromatic heterocycles. The lowest BCUT2D eigenvalue weighted by molar-refractivity contribution is 0.132. The highest BCUT2D eigenvalue weighted by Crippen LogP contribution is 2.54. The van der Waals surface area contributed by atoms with Crippen LogP contribution in [0.3, 0.4) is 0 Å². The van der Waals surface area contributed by atoms with E-state index in [-0.39, 0.29) is 5.41 Å². The van der Waals surface area contributed by atoms with E-state index in [4.69, 9.17) is 0 Å². The Hall–Kier alpha value is -0.590. The highest BCUT2D eigenvalue weighted by atomic mass is 19.1. The van der Waals surface area contributed by atoms with Crippen LogP contribution in [0.15, 0.2) is 23.8 Å². The van der Waals surface area contributed by atoms with Crippen LogP contribution in [0, 0.1) is 5.41 Å². The maximum Gasteiger partial charge on any atom is 0.130 e. The predicted octanol–water partition coefficient (Wildman–Crippen LogP) is 3.79. The van der Waals surface area contributed by atoms with E-state index in [0.29, 0.717) is 6.42 Å². The third kappa shape index (κ3) is 1.25. The molecule has 0 aromatic carbocycles. The van der Waals surface area contributed by atoms with Crippen LogP contribution in [0.4, 0.5) is 4.39 Å². The van der Waals surface area contributed by atoms with Crippen molar-refractivity contribution >= 4 is 0 Å². The van der Waals surface area contributed by atoms with Crippen LogP contribution in [0.2, 0.25) is 0 Å². The molecule has 1 heteroatoms. The molecule has 0 radical (unpaired) electrons. The SMILES string of the molecule is C=C1C=C2C(C)(F)CCCC2(C)C1. The maximum absolute atomic E-state index is 14.1. The Morgan fingerprint density at radius 1 is 1.38 bits per heavy atom. The molecule has 0 aliphatic heterocycles. The van der Waals surface area contributed by atoms with E-state index in [0.717, 1.165) is 30.4 Å². The second-order valence-corrected chi connectivity index (χ2v) is 5.00. The summed E-state index contributed by atoms with van der Waals surface area (Å²) >= 11 is 0. The van der Waals surface area contributed by atoms with Gasteiger partial charge in [0.25, 0.3) is 0 Å². The number of allylic oxidation sites excluding steroid dienone is 3. The molecule has 2 rings (SSSR count). The van der Waals surface area contributed by atoms with Crippen molar-refractivity contribution in [1.29, 1.82) is 0 Å². The summed E-state index contributed by atoms with van der Waals surface area (Å²) in [5.41, 5.74) is 1.10. The van der Waals surface area contributed by atoms with E-state index in [1.54, 1.807) is 6.92 Å². The minimum atomic E-state index is -1.08. The number of fused-ring (bicyclic) bond motifs is 1. The summed E-state index contributed by atoms with van der Waals surface area (Å²) in [5, 5.41) is 0. The zero-order valence-corrected chi connectivity index (χ0v) is 8.49. The Morgan fingerprint density at radius 2 is 2.08 bits per heavy atom. The molecule has 1 saturated carbocycles. The fraction of sp³-hybridized carbons (Fsp3) is 0.667. The van der Waals surface area contributed by atoms with Gasteiger partial charge in [-0.15, -0.1) is 0 Å². The Morgan fingerprint density at radius 3 is 2.69 bits per heavy atom. The van der Waals surface area contributed by atoms with E-state index in [2.05, 4.69) is 13.5 Å². The molecular formula is C12H17F. The molecule has 0 bridgehead atoms. The lowest BCUT2D eigenvalue weighted by Crippen LogP contribution is -2.35. The fourth-order valence-electron chi connectivity index (χ4n) is 2.97. The van der Waals surface area contributed by atoms with Crippen molar-refractivity contribution < 1.29 is 4.39 Å². The summed E-state index contributed by atoms with van der Waals surface area (Å²) < 4.78 is 14.1. The van der Waals surface area contributed by atoms with Gasteiger partial charge in [-0.2, -0.15) is 0 Å². The topological polar surface area (TPSA) is 0 Å². The number of alkyl halides is 1. The molecule has 0 amide bonds. The highest BCUT2D eigenvalue weighted by Gasteiger charge is 2.47. The molecule has 2 aliphatic carbocycles. The summed E-state index contributed by atoms with van der Waals surface area (Å²) in [5.74, 6) is 0. The largest absolute Gasteiger partial charge is 0.239 e. The van der Waals surface area contributed by atoms with Gasteiger partial charge in [0.1, 0.15) is 5.67 Å². The van der Waals surface area contributed by atoms with Crippen LogP contribution in [0.5, 0.6) is 0 Å². The van der Waals surface area contributed by atoms with Crippen LogP contribution >= 0.6 is 0 Å². The van der Waals surface area contributed by atoms with Crippen LogP contribution in [-0.2, 0) is 0 Å². The third-order valence-electron chi connectivity index (χ3n) is 3.55. The van der Waals surface area contributed by atoms with E-state index in [9.17, 15) is 4.39 Å². The normalized spacial score (nSPS) is 44.5. The molecule has 2 unspecified atom stereocenters. The summed E-state index contributed by atoms with van der Waals surface area (Å²) in [6, 6.07) is 0. The van der Waals surface area contributed by atoms with Crippen molar-refractivity contribution in [3.8, 4) is 0 Å². The number of hydrogen-bond donors (Lipinski definition) is 0. The van der Waals surface area contributed by atoms with Gasteiger partial charge in [0, 0.05) is 0 Å². The molecule has 2 aliphatic rings. The third-order valence-corrected chi connectivity index (χ3v) is 3.55. The van der Waals surface area contributed by atoms with Gasteiger partial charge in [0.05, 0.1) is 0 Å². The van der Waals surface area contributed by atoms with E-state index in [1.807, 2.05) is 6.08 Å². The molecule has 2 atom stereocenters. The van der Waals surface area contributed by atoms with Gasteiger partial charge < -0.3 is 0 Å². The number of halogens is 1. The molecule has 0 aromatic rings. The summed E-state index contributed by atoms with van der Waals surface area (Å²) in [6.45, 7) is 7.84. The molecule has 1 fully saturated rings. The first-order valence-electron chi connectivity index (χ1n) is 5.03. The van der Waals surface area contributed by atoms with Crippen molar-refractivity contribution in [1.82, 2.24) is 0 Å². The Balaban J connectivity index is 2.42. The molecule has 72 valence electrons. The molecule has 0 N–H and O–H groups in total. The smallest absolute Gasteiger partial charge is 0.130 e. The van der Waals surface area contributed by atoms with Crippen LogP contribution in [0.25, 0.3) is 0 Å². The molecule has 0 nitrogen and oxygen atoms in total. The summed E-state index contributed by atoms with van der Waals surface area (Å²) in [6.07, 6.45) is 5.76. The minimum absolute atomic E-state index is 0.0822. The van der Waals surface area contributed by atoms with Gasteiger partial charge in [-0.05, 0) is 43.6 Å². The van der Waals surface area contributed by atoms with Crippen LogP contribution in [-0.4, -0.2) is 5.67 Å². The van der Waals surface area contributed by atoms with Gasteiger partial charge >= 0.3 is 0 Å². The van der Waals surface area contributed by atoms with Gasteiger partial charge in [-0.1, -0.05) is 25.2 Å². The van der Waals surface area contributed by atoms with Gasteiger partial charge in [0.15, 0.2) is 0 Å². The molecular weight excluding hydrogens is 163 g/mol. The molecule has 0 heterocycles. The average Bonchev–Trinajstić information content (AvgIpc) is 2.25. The average molecular weight is 180 g/mol. The van der Waals surface area contributed by atoms with E-state index >= 15 is 0 Å². The summed E-state index contributed by atoms with van der Waals surface area (Å²) in [4.78, 5) is 0.